The molecule has 4 rings (SSSR count). The van der Waals surface area contributed by atoms with Gasteiger partial charge in [-0.3, -0.25) is 9.69 Å². The van der Waals surface area contributed by atoms with Crippen LogP contribution < -0.4 is 4.72 Å². The minimum atomic E-state index is -5.30. The van der Waals surface area contributed by atoms with E-state index in [0.717, 1.165) is 13.0 Å². The Morgan fingerprint density at radius 2 is 1.89 bits per heavy atom. The zero-order valence-corrected chi connectivity index (χ0v) is 26.8. The first kappa shape index (κ1) is 36.6. The van der Waals surface area contributed by atoms with Crippen LogP contribution in [0.3, 0.4) is 0 Å². The molecule has 3 aromatic rings. The number of nitrogens with zero attached hydrogens (tertiary/aromatic N) is 4. The molecule has 2 N–H and O–H groups in total. The Balaban J connectivity index is 1.84. The summed E-state index contributed by atoms with van der Waals surface area (Å²) in [4.78, 5) is 19.6. The molecule has 1 saturated heterocycles. The Bertz CT molecular complexity index is 1740. The van der Waals surface area contributed by atoms with Gasteiger partial charge in [0, 0.05) is 31.0 Å². The van der Waals surface area contributed by atoms with Gasteiger partial charge in [0.05, 0.1) is 28.1 Å². The van der Waals surface area contributed by atoms with Crippen molar-refractivity contribution in [3.63, 3.8) is 0 Å². The van der Waals surface area contributed by atoms with Crippen molar-refractivity contribution in [2.45, 2.75) is 89.0 Å². The lowest BCUT2D eigenvalue weighted by atomic mass is 9.90. The van der Waals surface area contributed by atoms with E-state index in [9.17, 15) is 49.1 Å². The van der Waals surface area contributed by atoms with E-state index in [1.165, 1.54) is 30.4 Å². The lowest BCUT2D eigenvalue weighted by Gasteiger charge is -2.21. The summed E-state index contributed by atoms with van der Waals surface area (Å²) in [7, 11) is -5.30. The Morgan fingerprint density at radius 3 is 2.43 bits per heavy atom. The zero-order valence-electron chi connectivity index (χ0n) is 25.1. The first-order valence-corrected chi connectivity index (χ1v) is 16.2. The minimum Gasteiger partial charge on any atom is -0.481 e. The van der Waals surface area contributed by atoms with Gasteiger partial charge in [0.15, 0.2) is 10.8 Å². The first-order valence-electron chi connectivity index (χ1n) is 13.9. The Kier molecular flexibility index (Phi) is 10.1. The summed E-state index contributed by atoms with van der Waals surface area (Å²) in [5.74, 6) is -6.60. The van der Waals surface area contributed by atoms with Gasteiger partial charge in [0.2, 0.25) is 21.7 Å². The highest BCUT2D eigenvalue weighted by atomic mass is 32.2. The number of halogens is 8. The van der Waals surface area contributed by atoms with Crippen LogP contribution in [0.4, 0.5) is 35.1 Å². The van der Waals surface area contributed by atoms with Gasteiger partial charge in [-0.15, -0.1) is 11.3 Å². The molecule has 1 aromatic carbocycles. The predicted octanol–water partition coefficient (Wildman–Crippen LogP) is 6.44. The van der Waals surface area contributed by atoms with E-state index in [2.05, 4.69) is 15.1 Å². The number of likely N-dealkylation sites (tertiary alicyclic amines) is 1. The van der Waals surface area contributed by atoms with E-state index < -0.39 is 93.2 Å². The quantitative estimate of drug-likeness (QED) is 0.203. The predicted molar refractivity (Wildman–Crippen MR) is 151 cm³/mol. The van der Waals surface area contributed by atoms with Crippen molar-refractivity contribution in [2.75, 3.05) is 6.54 Å². The number of thiazole rings is 1. The molecule has 2 atom stereocenters. The Hall–Kier alpha value is -3.23. The lowest BCUT2D eigenvalue weighted by molar-refractivity contribution is -0.151. The van der Waals surface area contributed by atoms with Crippen molar-refractivity contribution in [3.05, 3.63) is 35.1 Å². The van der Waals surface area contributed by atoms with Crippen LogP contribution >= 0.6 is 11.3 Å². The fourth-order valence-corrected chi connectivity index (χ4v) is 7.37. The molecule has 1 aliphatic heterocycles. The van der Waals surface area contributed by atoms with E-state index in [0.29, 0.717) is 17.4 Å². The van der Waals surface area contributed by atoms with Crippen LogP contribution in [0.25, 0.3) is 21.3 Å². The highest BCUT2D eigenvalue weighted by molar-refractivity contribution is 7.89. The molecule has 20 heteroatoms. The number of nitrogens with one attached hydrogen (secondary N) is 1. The van der Waals surface area contributed by atoms with E-state index in [1.807, 2.05) is 0 Å². The van der Waals surface area contributed by atoms with Gasteiger partial charge in [-0.1, -0.05) is 18.1 Å². The van der Waals surface area contributed by atoms with Gasteiger partial charge in [0.1, 0.15) is 10.9 Å². The van der Waals surface area contributed by atoms with Crippen LogP contribution in [0, 0.1) is 11.2 Å². The van der Waals surface area contributed by atoms with E-state index in [4.69, 9.17) is 4.52 Å². The average molecular weight is 720 g/mol. The number of carboxylic acid groups (broad SMARTS) is 1. The van der Waals surface area contributed by atoms with Gasteiger partial charge in [-0.2, -0.15) is 22.9 Å². The molecule has 260 valence electrons. The Morgan fingerprint density at radius 1 is 1.23 bits per heavy atom. The second kappa shape index (κ2) is 13.0. The molecule has 1 fully saturated rings. The number of aromatic nitrogens is 3. The number of benzene rings is 1. The maximum Gasteiger partial charge on any atom is 0.404 e. The molecule has 3 heterocycles. The highest BCUT2D eigenvalue weighted by Gasteiger charge is 2.44. The second-order valence-electron chi connectivity index (χ2n) is 11.7. The molecule has 0 aliphatic carbocycles. The van der Waals surface area contributed by atoms with Crippen LogP contribution in [0.5, 0.6) is 0 Å². The summed E-state index contributed by atoms with van der Waals surface area (Å²) < 4.78 is 145. The van der Waals surface area contributed by atoms with Gasteiger partial charge >= 0.3 is 12.1 Å². The third-order valence-electron chi connectivity index (χ3n) is 7.53. The molecule has 47 heavy (non-hydrogen) atoms. The van der Waals surface area contributed by atoms with Gasteiger partial charge in [0.25, 0.3) is 12.3 Å². The minimum absolute atomic E-state index is 0.105. The van der Waals surface area contributed by atoms with Crippen molar-refractivity contribution in [3.8, 4) is 21.3 Å². The first-order chi connectivity index (χ1) is 21.6. The normalized spacial score (nSPS) is 18.3. The molecule has 2 unspecified atom stereocenters. The van der Waals surface area contributed by atoms with E-state index in [1.54, 1.807) is 0 Å². The molecular formula is C27H29F8N5O5S2. The van der Waals surface area contributed by atoms with Crippen molar-refractivity contribution in [1.82, 2.24) is 24.7 Å². The number of aliphatic carboxylic acids is 1. The molecule has 0 saturated carbocycles. The lowest BCUT2D eigenvalue weighted by Crippen LogP contribution is -2.45. The van der Waals surface area contributed by atoms with Crippen LogP contribution in [0.1, 0.15) is 64.1 Å². The third-order valence-corrected chi connectivity index (χ3v) is 10.1. The molecule has 0 radical (unpaired) electrons. The summed E-state index contributed by atoms with van der Waals surface area (Å²) in [5, 5.41) is 13.1. The van der Waals surface area contributed by atoms with Gasteiger partial charge in [-0.25, -0.2) is 35.4 Å². The molecule has 2 aromatic heterocycles. The SMILES string of the molecule is CCC(NS(=O)(=O)c1ccc(-c2sc(-c3noc(CC(C)(C)C(=O)O)n3)nc2CN2CC(F)(F)CC2C)c(C(F)F)c1F)C(F)(F)F. The van der Waals surface area contributed by atoms with Crippen molar-refractivity contribution in [2.24, 2.45) is 5.41 Å². The summed E-state index contributed by atoms with van der Waals surface area (Å²) in [6.07, 6.45) is -10.2. The summed E-state index contributed by atoms with van der Waals surface area (Å²) in [5.41, 5.74) is -3.49. The second-order valence-corrected chi connectivity index (χ2v) is 14.4. The fourth-order valence-electron chi connectivity index (χ4n) is 4.94. The average Bonchev–Trinajstić information content (AvgIpc) is 3.62. The number of rotatable bonds is 12. The van der Waals surface area contributed by atoms with Crippen LogP contribution in [-0.4, -0.2) is 70.2 Å². The molecule has 0 amide bonds. The Labute approximate surface area is 267 Å². The zero-order chi connectivity index (χ0) is 35.3. The van der Waals surface area contributed by atoms with E-state index >= 15 is 4.39 Å². The fraction of sp³-hybridized carbons (Fsp3) is 0.556. The standard InChI is InChI=1S/C27H29F8N5O5S2/c1-5-16(27(33,34)35)39-47(43,44)15-7-6-13(18(19(15)28)21(29)30)20-14(10-40-11-26(31,32)8-12(40)2)36-23(46-20)22-37-17(45-38-22)9-25(3,4)24(41)42/h6-7,12,16,21,39H,5,8-11H2,1-4H3,(H,41,42). The number of carbonyl (C=O) groups is 1. The third kappa shape index (κ3) is 7.92. The molecule has 0 bridgehead atoms. The molecule has 1 aliphatic rings. The number of carboxylic acids is 1. The van der Waals surface area contributed by atoms with Crippen LogP contribution in [0.15, 0.2) is 21.6 Å². The monoisotopic (exact) mass is 719 g/mol. The van der Waals surface area contributed by atoms with Gasteiger partial charge < -0.3 is 9.63 Å². The number of alkyl halides is 7. The maximum atomic E-state index is 15.7. The van der Waals surface area contributed by atoms with E-state index in [-0.39, 0.29) is 40.3 Å². The number of hydrogen-bond donors (Lipinski definition) is 2. The number of hydrogen-bond acceptors (Lipinski definition) is 9. The largest absolute Gasteiger partial charge is 0.481 e. The molecule has 0 spiro atoms. The summed E-state index contributed by atoms with van der Waals surface area (Å²) in [6, 6.07) is -2.02. The highest BCUT2D eigenvalue weighted by Crippen LogP contribution is 2.43. The van der Waals surface area contributed by atoms with Crippen molar-refractivity contribution in [1.29, 1.82) is 0 Å². The smallest absolute Gasteiger partial charge is 0.404 e. The topological polar surface area (TPSA) is 139 Å². The van der Waals surface area contributed by atoms with Crippen molar-refractivity contribution >= 4 is 27.3 Å². The molecule has 10 nitrogen and oxygen atoms in total. The summed E-state index contributed by atoms with van der Waals surface area (Å²) >= 11 is 0.619. The number of sulfonamides is 1. The van der Waals surface area contributed by atoms with Crippen LogP contribution in [-0.2, 0) is 27.8 Å². The van der Waals surface area contributed by atoms with Crippen LogP contribution in [0.2, 0.25) is 0 Å². The summed E-state index contributed by atoms with van der Waals surface area (Å²) in [6.45, 7) is 4.26. The maximum absolute atomic E-state index is 15.7. The van der Waals surface area contributed by atoms with Crippen molar-refractivity contribution < 1.29 is 58.0 Å². The molecular weight excluding hydrogens is 690 g/mol. The van der Waals surface area contributed by atoms with Gasteiger partial charge in [-0.05, 0) is 33.3 Å².